The molecule has 5 nitrogen and oxygen atoms in total. The third-order valence-corrected chi connectivity index (χ3v) is 4.12. The zero-order chi connectivity index (χ0) is 18.9. The molecule has 6 heteroatoms. The molecule has 0 unspecified atom stereocenters. The van der Waals surface area contributed by atoms with E-state index in [1.54, 1.807) is 19.2 Å². The summed E-state index contributed by atoms with van der Waals surface area (Å²) in [4.78, 5) is 23.7. The molecule has 0 fully saturated rings. The van der Waals surface area contributed by atoms with Crippen LogP contribution in [-0.2, 0) is 22.4 Å². The van der Waals surface area contributed by atoms with E-state index in [9.17, 15) is 14.0 Å². The number of benzene rings is 2. The van der Waals surface area contributed by atoms with Crippen molar-refractivity contribution < 1.29 is 18.7 Å². The minimum Gasteiger partial charge on any atom is -0.497 e. The molecule has 1 atom stereocenters. The Bertz CT molecular complexity index is 747. The average molecular weight is 358 g/mol. The summed E-state index contributed by atoms with van der Waals surface area (Å²) in [6, 6.07) is 13.4. The van der Waals surface area contributed by atoms with Gasteiger partial charge in [-0.05, 0) is 48.2 Å². The van der Waals surface area contributed by atoms with Gasteiger partial charge in [-0.2, -0.15) is 0 Å². The predicted octanol–water partition coefficient (Wildman–Crippen LogP) is 2.23. The molecule has 0 saturated heterocycles. The normalized spacial score (nSPS) is 11.6. The van der Waals surface area contributed by atoms with Crippen LogP contribution in [0, 0.1) is 11.7 Å². The van der Waals surface area contributed by atoms with Gasteiger partial charge in [0.2, 0.25) is 11.8 Å². The van der Waals surface area contributed by atoms with Gasteiger partial charge in [-0.1, -0.05) is 24.3 Å². The van der Waals surface area contributed by atoms with Gasteiger partial charge < -0.3 is 15.8 Å². The first-order valence-corrected chi connectivity index (χ1v) is 8.41. The van der Waals surface area contributed by atoms with E-state index >= 15 is 0 Å². The Balaban J connectivity index is 1.82. The lowest BCUT2D eigenvalue weighted by molar-refractivity contribution is -0.123. The van der Waals surface area contributed by atoms with Crippen molar-refractivity contribution in [2.45, 2.75) is 19.3 Å². The molecule has 138 valence electrons. The number of primary amides is 1. The number of aryl methyl sites for hydroxylation is 1. The Kier molecular flexibility index (Phi) is 7.14. The number of halogens is 1. The van der Waals surface area contributed by atoms with Crippen molar-refractivity contribution in [2.24, 2.45) is 11.7 Å². The molecule has 0 aliphatic rings. The van der Waals surface area contributed by atoms with Crippen LogP contribution in [0.4, 0.5) is 4.39 Å². The number of amides is 2. The van der Waals surface area contributed by atoms with Crippen molar-refractivity contribution in [3.05, 3.63) is 65.5 Å². The molecule has 26 heavy (non-hydrogen) atoms. The van der Waals surface area contributed by atoms with Crippen LogP contribution >= 0.6 is 0 Å². The first-order chi connectivity index (χ1) is 12.5. The summed E-state index contributed by atoms with van der Waals surface area (Å²) in [5.74, 6) is -0.784. The first kappa shape index (κ1) is 19.4. The van der Waals surface area contributed by atoms with E-state index in [1.807, 2.05) is 24.3 Å². The summed E-state index contributed by atoms with van der Waals surface area (Å²) in [6.07, 6.45) is 1.23. The minimum atomic E-state index is -0.541. The molecule has 0 saturated carbocycles. The topological polar surface area (TPSA) is 81.4 Å². The largest absolute Gasteiger partial charge is 0.497 e. The monoisotopic (exact) mass is 358 g/mol. The molecule has 2 rings (SSSR count). The summed E-state index contributed by atoms with van der Waals surface area (Å²) >= 11 is 0. The predicted molar refractivity (Wildman–Crippen MR) is 97.1 cm³/mol. The number of hydrogen-bond acceptors (Lipinski definition) is 3. The molecule has 0 aliphatic carbocycles. The van der Waals surface area contributed by atoms with Gasteiger partial charge in [-0.3, -0.25) is 9.59 Å². The van der Waals surface area contributed by atoms with Crippen LogP contribution in [0.1, 0.15) is 17.5 Å². The van der Waals surface area contributed by atoms with E-state index < -0.39 is 11.8 Å². The number of methoxy groups -OCH3 is 1. The molecule has 3 N–H and O–H groups in total. The van der Waals surface area contributed by atoms with Crippen LogP contribution in [-0.4, -0.2) is 25.5 Å². The maximum Gasteiger partial charge on any atom is 0.222 e. The van der Waals surface area contributed by atoms with Gasteiger partial charge >= 0.3 is 0 Å². The fraction of sp³-hybridized carbons (Fsp3) is 0.300. The fourth-order valence-corrected chi connectivity index (χ4v) is 2.59. The van der Waals surface area contributed by atoms with Crippen molar-refractivity contribution in [3.8, 4) is 5.75 Å². The molecule has 2 aromatic rings. The van der Waals surface area contributed by atoms with E-state index in [2.05, 4.69) is 5.32 Å². The van der Waals surface area contributed by atoms with Crippen molar-refractivity contribution in [1.29, 1.82) is 0 Å². The van der Waals surface area contributed by atoms with Gasteiger partial charge in [0.05, 0.1) is 13.0 Å². The van der Waals surface area contributed by atoms with Crippen LogP contribution in [0.2, 0.25) is 0 Å². The fourth-order valence-electron chi connectivity index (χ4n) is 2.59. The Morgan fingerprint density at radius 2 is 1.88 bits per heavy atom. The highest BCUT2D eigenvalue weighted by atomic mass is 19.1. The summed E-state index contributed by atoms with van der Waals surface area (Å²) in [6.45, 7) is 0.156. The van der Waals surface area contributed by atoms with E-state index in [1.165, 1.54) is 12.1 Å². The number of carbonyl (C=O) groups excluding carboxylic acids is 2. The average Bonchev–Trinajstić information content (AvgIpc) is 2.64. The van der Waals surface area contributed by atoms with Crippen LogP contribution in [0.15, 0.2) is 48.5 Å². The second-order valence-corrected chi connectivity index (χ2v) is 6.09. The van der Waals surface area contributed by atoms with E-state index in [0.717, 1.165) is 16.9 Å². The van der Waals surface area contributed by atoms with Crippen LogP contribution in [0.25, 0.3) is 0 Å². The number of hydrogen-bond donors (Lipinski definition) is 2. The highest BCUT2D eigenvalue weighted by molar-refractivity contribution is 5.80. The summed E-state index contributed by atoms with van der Waals surface area (Å²) < 4.78 is 18.1. The minimum absolute atomic E-state index is 0.154. The zero-order valence-electron chi connectivity index (χ0n) is 14.7. The molecule has 0 bridgehead atoms. The van der Waals surface area contributed by atoms with Gasteiger partial charge in [0, 0.05) is 13.0 Å². The standard InChI is InChI=1S/C20H23FN2O3/c1-26-18-4-2-3-14(12-18)7-10-19(24)23-13-16(20(22)25)11-15-5-8-17(21)9-6-15/h2-6,8-9,12,16H,7,10-11,13H2,1H3,(H2,22,25)(H,23,24)/t16-/m0/s1. The lowest BCUT2D eigenvalue weighted by Gasteiger charge is -2.14. The number of nitrogens with two attached hydrogens (primary N) is 1. The van der Waals surface area contributed by atoms with Gasteiger partial charge in [0.1, 0.15) is 11.6 Å². The molecule has 0 heterocycles. The molecule has 2 amide bonds. The summed E-state index contributed by atoms with van der Waals surface area (Å²) in [5, 5.41) is 2.75. The molecule has 0 radical (unpaired) electrons. The lowest BCUT2D eigenvalue weighted by Crippen LogP contribution is -2.37. The maximum absolute atomic E-state index is 13.0. The summed E-state index contributed by atoms with van der Waals surface area (Å²) in [5.41, 5.74) is 7.21. The van der Waals surface area contributed by atoms with Gasteiger partial charge in [0.25, 0.3) is 0 Å². The Labute approximate surface area is 152 Å². The second-order valence-electron chi connectivity index (χ2n) is 6.09. The van der Waals surface area contributed by atoms with Crippen LogP contribution < -0.4 is 15.8 Å². The second kappa shape index (κ2) is 9.56. The van der Waals surface area contributed by atoms with Crippen molar-refractivity contribution in [2.75, 3.05) is 13.7 Å². The third-order valence-electron chi connectivity index (χ3n) is 4.12. The highest BCUT2D eigenvalue weighted by Gasteiger charge is 2.17. The Morgan fingerprint density at radius 3 is 2.54 bits per heavy atom. The molecule has 2 aromatic carbocycles. The lowest BCUT2D eigenvalue weighted by atomic mass is 9.98. The first-order valence-electron chi connectivity index (χ1n) is 8.41. The van der Waals surface area contributed by atoms with Crippen molar-refractivity contribution >= 4 is 11.8 Å². The third kappa shape index (κ3) is 6.20. The number of nitrogens with one attached hydrogen (secondary N) is 1. The molecular formula is C20H23FN2O3. The highest BCUT2D eigenvalue weighted by Crippen LogP contribution is 2.14. The number of ether oxygens (including phenoxy) is 1. The summed E-state index contributed by atoms with van der Waals surface area (Å²) in [7, 11) is 1.59. The SMILES string of the molecule is COc1cccc(CCC(=O)NC[C@H](Cc2ccc(F)cc2)C(N)=O)c1. The molecular weight excluding hydrogens is 335 g/mol. The molecule has 0 aliphatic heterocycles. The Morgan fingerprint density at radius 1 is 1.15 bits per heavy atom. The zero-order valence-corrected chi connectivity index (χ0v) is 14.7. The quantitative estimate of drug-likeness (QED) is 0.721. The van der Waals surface area contributed by atoms with E-state index in [-0.39, 0.29) is 18.3 Å². The van der Waals surface area contributed by atoms with Gasteiger partial charge in [0.15, 0.2) is 0 Å². The van der Waals surface area contributed by atoms with Crippen LogP contribution in [0.5, 0.6) is 5.75 Å². The van der Waals surface area contributed by atoms with Crippen molar-refractivity contribution in [3.63, 3.8) is 0 Å². The van der Waals surface area contributed by atoms with Gasteiger partial charge in [-0.25, -0.2) is 4.39 Å². The van der Waals surface area contributed by atoms with Crippen molar-refractivity contribution in [1.82, 2.24) is 5.32 Å². The Hall–Kier alpha value is -2.89. The number of rotatable bonds is 9. The van der Waals surface area contributed by atoms with Crippen LogP contribution in [0.3, 0.4) is 0 Å². The molecule has 0 aromatic heterocycles. The van der Waals surface area contributed by atoms with E-state index in [4.69, 9.17) is 10.5 Å². The smallest absolute Gasteiger partial charge is 0.222 e. The number of carbonyl (C=O) groups is 2. The van der Waals surface area contributed by atoms with Gasteiger partial charge in [-0.15, -0.1) is 0 Å². The maximum atomic E-state index is 13.0. The van der Waals surface area contributed by atoms with E-state index in [0.29, 0.717) is 19.3 Å². The molecule has 0 spiro atoms.